The maximum absolute atomic E-state index is 12.1. The van der Waals surface area contributed by atoms with Crippen molar-refractivity contribution in [3.8, 4) is 22.8 Å². The monoisotopic (exact) mass is 522 g/mol. The number of allylic oxidation sites excluding steroid dienone is 1. The highest BCUT2D eigenvalue weighted by Gasteiger charge is 2.23. The van der Waals surface area contributed by atoms with Gasteiger partial charge in [-0.1, -0.05) is 24.3 Å². The molecule has 198 valence electrons. The lowest BCUT2D eigenvalue weighted by atomic mass is 10.0. The number of methoxy groups -OCH3 is 1. The standard InChI is InChI=1S/C30H30N6O3/c1-31-28(37)20-11-12-24(25(15-20)38-2)34-30-35-27-26(29(36-30)39-22-5-3-4-6-22)23(17-33-27)19-9-7-18(8-10-19)21-13-14-32-16-21/h7-12,14-17,22H,3-6,13H2,1-2H3,(H,31,37)(H2,33,34,35,36). The van der Waals surface area contributed by atoms with Crippen LogP contribution in [0, 0.1) is 0 Å². The van der Waals surface area contributed by atoms with Crippen LogP contribution in [0.5, 0.6) is 11.6 Å². The van der Waals surface area contributed by atoms with E-state index in [9.17, 15) is 4.79 Å². The molecule has 1 amide bonds. The third-order valence-electron chi connectivity index (χ3n) is 7.23. The van der Waals surface area contributed by atoms with E-state index < -0.39 is 0 Å². The Morgan fingerprint density at radius 1 is 1.05 bits per heavy atom. The van der Waals surface area contributed by atoms with Crippen molar-refractivity contribution in [2.75, 3.05) is 19.5 Å². The van der Waals surface area contributed by atoms with Crippen LogP contribution in [0.15, 0.2) is 59.9 Å². The number of carbonyl (C=O) groups excluding carboxylic acids is 1. The minimum Gasteiger partial charge on any atom is -0.495 e. The smallest absolute Gasteiger partial charge is 0.251 e. The van der Waals surface area contributed by atoms with Gasteiger partial charge in [-0.05, 0) is 60.6 Å². The number of fused-ring (bicyclic) bond motifs is 1. The van der Waals surface area contributed by atoms with E-state index >= 15 is 0 Å². The highest BCUT2D eigenvalue weighted by Crippen LogP contribution is 2.38. The summed E-state index contributed by atoms with van der Waals surface area (Å²) >= 11 is 0. The van der Waals surface area contributed by atoms with Crippen LogP contribution in [0.3, 0.4) is 0 Å². The van der Waals surface area contributed by atoms with Gasteiger partial charge in [0.2, 0.25) is 11.8 Å². The van der Waals surface area contributed by atoms with Crippen LogP contribution in [0.25, 0.3) is 27.7 Å². The van der Waals surface area contributed by atoms with E-state index in [0.717, 1.165) is 54.2 Å². The number of nitrogens with one attached hydrogen (secondary N) is 3. The summed E-state index contributed by atoms with van der Waals surface area (Å²) in [4.78, 5) is 29.2. The maximum Gasteiger partial charge on any atom is 0.251 e. The maximum atomic E-state index is 12.1. The van der Waals surface area contributed by atoms with E-state index in [1.54, 1.807) is 32.4 Å². The van der Waals surface area contributed by atoms with E-state index in [0.29, 0.717) is 34.5 Å². The van der Waals surface area contributed by atoms with Gasteiger partial charge >= 0.3 is 0 Å². The van der Waals surface area contributed by atoms with E-state index in [1.807, 2.05) is 18.6 Å². The fourth-order valence-corrected chi connectivity index (χ4v) is 5.14. The van der Waals surface area contributed by atoms with Gasteiger partial charge in [0.05, 0.1) is 18.2 Å². The lowest BCUT2D eigenvalue weighted by Crippen LogP contribution is -2.17. The summed E-state index contributed by atoms with van der Waals surface area (Å²) in [5.41, 5.74) is 6.23. The average Bonchev–Trinajstić information content (AvgIpc) is 3.76. The number of aromatic nitrogens is 3. The van der Waals surface area contributed by atoms with Crippen molar-refractivity contribution < 1.29 is 14.3 Å². The van der Waals surface area contributed by atoms with E-state index in [-0.39, 0.29) is 12.0 Å². The molecule has 0 spiro atoms. The molecule has 0 atom stereocenters. The van der Waals surface area contributed by atoms with E-state index in [4.69, 9.17) is 19.4 Å². The van der Waals surface area contributed by atoms with Gasteiger partial charge in [0.25, 0.3) is 5.91 Å². The van der Waals surface area contributed by atoms with Crippen molar-refractivity contribution in [1.29, 1.82) is 0 Å². The molecule has 9 nitrogen and oxygen atoms in total. The summed E-state index contributed by atoms with van der Waals surface area (Å²) in [5, 5.41) is 6.74. The lowest BCUT2D eigenvalue weighted by molar-refractivity contribution is 0.0962. The molecule has 2 aliphatic rings. The molecule has 2 aromatic carbocycles. The van der Waals surface area contributed by atoms with Crippen molar-refractivity contribution >= 4 is 40.4 Å². The molecule has 0 radical (unpaired) electrons. The Kier molecular flexibility index (Phi) is 6.71. The van der Waals surface area contributed by atoms with Crippen molar-refractivity contribution in [3.63, 3.8) is 0 Å². The Labute approximate surface area is 226 Å². The molecular weight excluding hydrogens is 492 g/mol. The summed E-state index contributed by atoms with van der Waals surface area (Å²) in [7, 11) is 3.16. The summed E-state index contributed by atoms with van der Waals surface area (Å²) in [6.07, 6.45) is 11.1. The number of aromatic amines is 1. The molecule has 1 saturated carbocycles. The molecule has 9 heteroatoms. The number of amides is 1. The number of benzene rings is 2. The van der Waals surface area contributed by atoms with Crippen molar-refractivity contribution in [2.45, 2.75) is 38.2 Å². The fraction of sp³-hybridized carbons (Fsp3) is 0.267. The van der Waals surface area contributed by atoms with E-state index in [1.165, 1.54) is 5.57 Å². The molecule has 3 N–H and O–H groups in total. The number of hydrogen-bond donors (Lipinski definition) is 3. The number of H-pyrrole nitrogens is 1. The third-order valence-corrected chi connectivity index (χ3v) is 7.23. The lowest BCUT2D eigenvalue weighted by Gasteiger charge is -2.16. The highest BCUT2D eigenvalue weighted by atomic mass is 16.5. The first kappa shape index (κ1) is 24.7. The first-order chi connectivity index (χ1) is 19.1. The molecular formula is C30H30N6O3. The molecule has 4 aromatic rings. The highest BCUT2D eigenvalue weighted by molar-refractivity contribution is 5.98. The van der Waals surface area contributed by atoms with Crippen LogP contribution in [-0.2, 0) is 0 Å². The molecule has 1 aliphatic carbocycles. The summed E-state index contributed by atoms with van der Waals surface area (Å²) in [5.74, 6) is 1.24. The van der Waals surface area contributed by atoms with Crippen LogP contribution < -0.4 is 20.1 Å². The predicted octanol–water partition coefficient (Wildman–Crippen LogP) is 5.87. The number of carbonyl (C=O) groups is 1. The number of nitrogens with zero attached hydrogens (tertiary/aromatic N) is 3. The van der Waals surface area contributed by atoms with Crippen LogP contribution in [0.2, 0.25) is 0 Å². The molecule has 6 rings (SSSR count). The number of rotatable bonds is 8. The molecule has 1 aliphatic heterocycles. The van der Waals surface area contributed by atoms with Crippen LogP contribution >= 0.6 is 0 Å². The van der Waals surface area contributed by atoms with Gasteiger partial charge in [0, 0.05) is 43.2 Å². The molecule has 3 heterocycles. The first-order valence-electron chi connectivity index (χ1n) is 13.2. The summed E-state index contributed by atoms with van der Waals surface area (Å²) in [6, 6.07) is 13.7. The Morgan fingerprint density at radius 3 is 2.56 bits per heavy atom. The van der Waals surface area contributed by atoms with Crippen molar-refractivity contribution in [3.05, 3.63) is 66.0 Å². The number of ether oxygens (including phenoxy) is 2. The zero-order chi connectivity index (χ0) is 26.8. The Morgan fingerprint density at radius 2 is 1.85 bits per heavy atom. The number of anilines is 2. The zero-order valence-electron chi connectivity index (χ0n) is 22.0. The van der Waals surface area contributed by atoms with Crippen molar-refractivity contribution in [2.24, 2.45) is 4.99 Å². The largest absolute Gasteiger partial charge is 0.495 e. The number of hydrogen-bond acceptors (Lipinski definition) is 7. The second-order valence-electron chi connectivity index (χ2n) is 9.69. The zero-order valence-corrected chi connectivity index (χ0v) is 22.0. The minimum atomic E-state index is -0.190. The Hall–Kier alpha value is -4.66. The van der Waals surface area contributed by atoms with Gasteiger partial charge in [0.15, 0.2) is 0 Å². The molecule has 0 unspecified atom stereocenters. The van der Waals surface area contributed by atoms with Crippen molar-refractivity contribution in [1.82, 2.24) is 20.3 Å². The topological polar surface area (TPSA) is 114 Å². The summed E-state index contributed by atoms with van der Waals surface area (Å²) in [6.45, 7) is 0. The van der Waals surface area contributed by atoms with Gasteiger partial charge in [-0.2, -0.15) is 9.97 Å². The third kappa shape index (κ3) is 4.95. The van der Waals surface area contributed by atoms with Gasteiger partial charge in [-0.3, -0.25) is 9.79 Å². The fourth-order valence-electron chi connectivity index (χ4n) is 5.14. The van der Waals surface area contributed by atoms with Gasteiger partial charge < -0.3 is 25.1 Å². The molecule has 39 heavy (non-hydrogen) atoms. The second-order valence-corrected chi connectivity index (χ2v) is 9.69. The molecule has 0 bridgehead atoms. The average molecular weight is 523 g/mol. The van der Waals surface area contributed by atoms with Crippen LogP contribution in [0.1, 0.15) is 48.0 Å². The molecule has 1 fully saturated rings. The first-order valence-corrected chi connectivity index (χ1v) is 13.2. The SMILES string of the molecule is CNC(=O)c1ccc(Nc2nc(OC3CCCC3)c3c(-c4ccc(C5=CN=CC5)cc4)c[nH]c3n2)c(OC)c1. The summed E-state index contributed by atoms with van der Waals surface area (Å²) < 4.78 is 12.0. The number of aliphatic imine (C=N–C) groups is 1. The van der Waals surface area contributed by atoms with Gasteiger partial charge in [-0.15, -0.1) is 0 Å². The molecule has 2 aromatic heterocycles. The predicted molar refractivity (Wildman–Crippen MR) is 153 cm³/mol. The minimum absolute atomic E-state index is 0.122. The van der Waals surface area contributed by atoms with Crippen LogP contribution in [-0.4, -0.2) is 47.3 Å². The normalized spacial score (nSPS) is 15.0. The Balaban J connectivity index is 1.37. The van der Waals surface area contributed by atoms with Gasteiger partial charge in [0.1, 0.15) is 17.5 Å². The molecule has 0 saturated heterocycles. The van der Waals surface area contributed by atoms with E-state index in [2.05, 4.69) is 44.9 Å². The van der Waals surface area contributed by atoms with Gasteiger partial charge in [-0.25, -0.2) is 0 Å². The van der Waals surface area contributed by atoms with Crippen LogP contribution in [0.4, 0.5) is 11.6 Å². The Bertz CT molecular complexity index is 1580. The quantitative estimate of drug-likeness (QED) is 0.267. The second kappa shape index (κ2) is 10.6.